The summed E-state index contributed by atoms with van der Waals surface area (Å²) >= 11 is 1.60. The number of nitrogens with one attached hydrogen (secondary N) is 1. The third-order valence-corrected chi connectivity index (χ3v) is 6.61. The molecule has 0 saturated carbocycles. The van der Waals surface area contributed by atoms with Gasteiger partial charge in [-0.05, 0) is 53.4 Å². The van der Waals surface area contributed by atoms with Crippen LogP contribution in [0.4, 0.5) is 5.69 Å². The van der Waals surface area contributed by atoms with Gasteiger partial charge in [0.25, 0.3) is 5.91 Å². The summed E-state index contributed by atoms with van der Waals surface area (Å²) in [7, 11) is 3.23. The SMILES string of the molecule is COc1cc2nccc(Sc3cccc(NC(=O)c4ccc(C(C)(C)C)cc4)c3)c2cc1OC. The number of benzene rings is 3. The lowest BCUT2D eigenvalue weighted by atomic mass is 9.87. The minimum absolute atomic E-state index is 0.0485. The third-order valence-electron chi connectivity index (χ3n) is 5.54. The first-order chi connectivity index (χ1) is 16.3. The normalized spacial score (nSPS) is 11.3. The van der Waals surface area contributed by atoms with Crippen LogP contribution in [-0.2, 0) is 5.41 Å². The molecule has 0 spiro atoms. The van der Waals surface area contributed by atoms with Crippen molar-refractivity contribution < 1.29 is 14.3 Å². The molecular weight excluding hydrogens is 444 g/mol. The zero-order valence-corrected chi connectivity index (χ0v) is 20.8. The first kappa shape index (κ1) is 23.6. The predicted octanol–water partition coefficient (Wildman–Crippen LogP) is 6.95. The highest BCUT2D eigenvalue weighted by Crippen LogP contribution is 2.38. The van der Waals surface area contributed by atoms with Crippen LogP contribution < -0.4 is 14.8 Å². The van der Waals surface area contributed by atoms with E-state index in [0.29, 0.717) is 17.1 Å². The van der Waals surface area contributed by atoms with Crippen LogP contribution in [0.1, 0.15) is 36.7 Å². The number of nitrogens with zero attached hydrogens (tertiary/aromatic N) is 1. The van der Waals surface area contributed by atoms with Crippen LogP contribution in [0.3, 0.4) is 0 Å². The van der Waals surface area contributed by atoms with Gasteiger partial charge in [0, 0.05) is 38.7 Å². The summed E-state index contributed by atoms with van der Waals surface area (Å²) in [6.45, 7) is 6.47. The summed E-state index contributed by atoms with van der Waals surface area (Å²) in [5, 5.41) is 3.98. The van der Waals surface area contributed by atoms with E-state index in [0.717, 1.165) is 26.4 Å². The van der Waals surface area contributed by atoms with E-state index >= 15 is 0 Å². The third kappa shape index (κ3) is 5.18. The number of fused-ring (bicyclic) bond motifs is 1. The highest BCUT2D eigenvalue weighted by Gasteiger charge is 2.15. The molecule has 4 rings (SSSR count). The zero-order valence-electron chi connectivity index (χ0n) is 20.0. The molecule has 1 N–H and O–H groups in total. The summed E-state index contributed by atoms with van der Waals surface area (Å²) in [4.78, 5) is 19.3. The molecule has 0 radical (unpaired) electrons. The Morgan fingerprint density at radius 2 is 1.62 bits per heavy atom. The molecule has 3 aromatic carbocycles. The van der Waals surface area contributed by atoms with Gasteiger partial charge in [-0.2, -0.15) is 0 Å². The van der Waals surface area contributed by atoms with E-state index in [4.69, 9.17) is 9.47 Å². The molecule has 0 atom stereocenters. The summed E-state index contributed by atoms with van der Waals surface area (Å²) in [5.74, 6) is 1.17. The van der Waals surface area contributed by atoms with E-state index in [1.165, 1.54) is 5.56 Å². The molecule has 4 aromatic rings. The minimum Gasteiger partial charge on any atom is -0.493 e. The maximum absolute atomic E-state index is 12.8. The smallest absolute Gasteiger partial charge is 0.255 e. The Bertz CT molecular complexity index is 1330. The fourth-order valence-corrected chi connectivity index (χ4v) is 4.61. The van der Waals surface area contributed by atoms with Crippen molar-refractivity contribution in [1.29, 1.82) is 0 Å². The van der Waals surface area contributed by atoms with Crippen molar-refractivity contribution in [1.82, 2.24) is 4.98 Å². The fraction of sp³-hybridized carbons (Fsp3) is 0.214. The Morgan fingerprint density at radius 1 is 0.912 bits per heavy atom. The summed E-state index contributed by atoms with van der Waals surface area (Å²) < 4.78 is 10.9. The molecule has 0 fully saturated rings. The van der Waals surface area contributed by atoms with Gasteiger partial charge >= 0.3 is 0 Å². The van der Waals surface area contributed by atoms with Gasteiger partial charge in [0.1, 0.15) is 0 Å². The van der Waals surface area contributed by atoms with Gasteiger partial charge in [-0.3, -0.25) is 9.78 Å². The van der Waals surface area contributed by atoms with Gasteiger partial charge < -0.3 is 14.8 Å². The number of rotatable bonds is 6. The van der Waals surface area contributed by atoms with Crippen molar-refractivity contribution in [3.63, 3.8) is 0 Å². The Hall–Kier alpha value is -3.51. The lowest BCUT2D eigenvalue weighted by molar-refractivity contribution is 0.102. The van der Waals surface area contributed by atoms with Crippen LogP contribution in [0.15, 0.2) is 82.7 Å². The first-order valence-electron chi connectivity index (χ1n) is 11.0. The Kier molecular flexibility index (Phi) is 6.80. The van der Waals surface area contributed by atoms with Crippen LogP contribution in [0.2, 0.25) is 0 Å². The average molecular weight is 473 g/mol. The number of amides is 1. The largest absolute Gasteiger partial charge is 0.493 e. The molecule has 1 aromatic heterocycles. The van der Waals surface area contributed by atoms with Crippen LogP contribution in [0.5, 0.6) is 11.5 Å². The molecule has 174 valence electrons. The highest BCUT2D eigenvalue weighted by molar-refractivity contribution is 7.99. The number of carbonyl (C=O) groups excluding carboxylic acids is 1. The lowest BCUT2D eigenvalue weighted by Crippen LogP contribution is -2.14. The number of methoxy groups -OCH3 is 2. The summed E-state index contributed by atoms with van der Waals surface area (Å²) in [5.41, 5.74) is 3.44. The quantitative estimate of drug-likeness (QED) is 0.329. The fourth-order valence-electron chi connectivity index (χ4n) is 3.63. The number of pyridine rings is 1. The molecule has 0 bridgehead atoms. The van der Waals surface area contributed by atoms with Crippen LogP contribution in [0.25, 0.3) is 10.9 Å². The molecular formula is C28H28N2O3S. The number of ether oxygens (including phenoxy) is 2. The first-order valence-corrected chi connectivity index (χ1v) is 11.8. The molecule has 0 unspecified atom stereocenters. The standard InChI is InChI=1S/C28H28N2O3S/c1-28(2,3)19-11-9-18(10-12-19)27(31)30-20-7-6-8-21(15-20)34-26-13-14-29-23-17-25(33-5)24(32-4)16-22(23)26/h6-17H,1-5H3,(H,30,31). The summed E-state index contributed by atoms with van der Waals surface area (Å²) in [6, 6.07) is 21.4. The number of carbonyl (C=O) groups is 1. The molecule has 5 nitrogen and oxygen atoms in total. The van der Waals surface area contributed by atoms with E-state index in [-0.39, 0.29) is 11.3 Å². The Labute approximate surface area is 204 Å². The zero-order chi connectivity index (χ0) is 24.3. The molecule has 6 heteroatoms. The Balaban J connectivity index is 1.55. The molecule has 0 aliphatic carbocycles. The van der Waals surface area contributed by atoms with E-state index in [2.05, 4.69) is 31.1 Å². The second-order valence-corrected chi connectivity index (χ2v) is 10.1. The van der Waals surface area contributed by atoms with Crippen molar-refractivity contribution in [3.05, 3.63) is 84.1 Å². The van der Waals surface area contributed by atoms with Crippen molar-refractivity contribution >= 4 is 34.3 Å². The topological polar surface area (TPSA) is 60.5 Å². The van der Waals surface area contributed by atoms with E-state index in [9.17, 15) is 4.79 Å². The molecule has 1 heterocycles. The average Bonchev–Trinajstić information content (AvgIpc) is 2.83. The van der Waals surface area contributed by atoms with Crippen LogP contribution in [0, 0.1) is 0 Å². The van der Waals surface area contributed by atoms with Gasteiger partial charge in [0.15, 0.2) is 11.5 Å². The molecule has 0 aliphatic heterocycles. The van der Waals surface area contributed by atoms with Gasteiger partial charge in [-0.1, -0.05) is 50.7 Å². The van der Waals surface area contributed by atoms with Gasteiger partial charge in [-0.25, -0.2) is 0 Å². The van der Waals surface area contributed by atoms with Gasteiger partial charge in [-0.15, -0.1) is 0 Å². The van der Waals surface area contributed by atoms with Crippen LogP contribution >= 0.6 is 11.8 Å². The van der Waals surface area contributed by atoms with Crippen molar-refractivity contribution in [2.45, 2.75) is 36.0 Å². The maximum Gasteiger partial charge on any atom is 0.255 e. The number of hydrogen-bond donors (Lipinski definition) is 1. The van der Waals surface area contributed by atoms with E-state index < -0.39 is 0 Å². The molecule has 1 amide bonds. The number of hydrogen-bond acceptors (Lipinski definition) is 5. The van der Waals surface area contributed by atoms with Crippen molar-refractivity contribution in [2.75, 3.05) is 19.5 Å². The van der Waals surface area contributed by atoms with E-state index in [1.54, 1.807) is 32.2 Å². The van der Waals surface area contributed by atoms with Gasteiger partial charge in [0.2, 0.25) is 0 Å². The monoisotopic (exact) mass is 472 g/mol. The minimum atomic E-state index is -0.131. The maximum atomic E-state index is 12.8. The van der Waals surface area contributed by atoms with E-state index in [1.807, 2.05) is 66.7 Å². The molecule has 34 heavy (non-hydrogen) atoms. The van der Waals surface area contributed by atoms with Crippen molar-refractivity contribution in [2.24, 2.45) is 0 Å². The molecule has 0 saturated heterocycles. The predicted molar refractivity (Wildman–Crippen MR) is 139 cm³/mol. The van der Waals surface area contributed by atoms with Crippen LogP contribution in [-0.4, -0.2) is 25.1 Å². The van der Waals surface area contributed by atoms with Crippen molar-refractivity contribution in [3.8, 4) is 11.5 Å². The highest BCUT2D eigenvalue weighted by atomic mass is 32.2. The Morgan fingerprint density at radius 3 is 2.29 bits per heavy atom. The number of anilines is 1. The number of aromatic nitrogens is 1. The second kappa shape index (κ2) is 9.77. The molecule has 0 aliphatic rings. The summed E-state index contributed by atoms with van der Waals surface area (Å²) in [6.07, 6.45) is 1.78. The lowest BCUT2D eigenvalue weighted by Gasteiger charge is -2.19. The second-order valence-electron chi connectivity index (χ2n) is 8.94. The van der Waals surface area contributed by atoms with Gasteiger partial charge in [0.05, 0.1) is 19.7 Å².